The zero-order valence-corrected chi connectivity index (χ0v) is 10.4. The minimum absolute atomic E-state index is 0.127. The lowest BCUT2D eigenvalue weighted by Gasteiger charge is -2.07. The fraction of sp³-hybridized carbons (Fsp3) is 0.250. The van der Waals surface area contributed by atoms with Crippen LogP contribution in [0.2, 0.25) is 0 Å². The summed E-state index contributed by atoms with van der Waals surface area (Å²) in [6.07, 6.45) is 4.97. The van der Waals surface area contributed by atoms with Crippen LogP contribution in [0.1, 0.15) is 18.2 Å². The standard InChI is InChI=1S/C12H13N5O2/c1-2-9-4-3-5-13-11(9)8-16-12-14-6-10(7-15-12)17(18)19/h3-7H,2,8H2,1H3,(H,14,15,16). The Kier molecular flexibility index (Phi) is 3.97. The van der Waals surface area contributed by atoms with Gasteiger partial charge in [-0.15, -0.1) is 0 Å². The first-order valence-electron chi connectivity index (χ1n) is 5.83. The Morgan fingerprint density at radius 1 is 1.32 bits per heavy atom. The molecule has 0 aromatic carbocycles. The number of pyridine rings is 1. The van der Waals surface area contributed by atoms with Gasteiger partial charge < -0.3 is 5.32 Å². The highest BCUT2D eigenvalue weighted by molar-refractivity contribution is 5.32. The summed E-state index contributed by atoms with van der Waals surface area (Å²) in [4.78, 5) is 22.0. The maximum Gasteiger partial charge on any atom is 0.305 e. The van der Waals surface area contributed by atoms with Crippen molar-refractivity contribution in [2.75, 3.05) is 5.32 Å². The minimum atomic E-state index is -0.530. The lowest BCUT2D eigenvalue weighted by Crippen LogP contribution is -2.07. The number of nitro groups is 1. The molecule has 0 fully saturated rings. The predicted molar refractivity (Wildman–Crippen MR) is 69.6 cm³/mol. The van der Waals surface area contributed by atoms with E-state index in [1.165, 1.54) is 12.4 Å². The van der Waals surface area contributed by atoms with Crippen molar-refractivity contribution in [2.24, 2.45) is 0 Å². The van der Waals surface area contributed by atoms with Crippen LogP contribution in [0.25, 0.3) is 0 Å². The summed E-state index contributed by atoms with van der Waals surface area (Å²) in [5, 5.41) is 13.5. The summed E-state index contributed by atoms with van der Waals surface area (Å²) in [5.41, 5.74) is 1.95. The number of hydrogen-bond acceptors (Lipinski definition) is 6. The van der Waals surface area contributed by atoms with Crippen LogP contribution < -0.4 is 5.32 Å². The quantitative estimate of drug-likeness (QED) is 0.651. The van der Waals surface area contributed by atoms with Gasteiger partial charge in [0, 0.05) is 6.20 Å². The third kappa shape index (κ3) is 3.21. The van der Waals surface area contributed by atoms with Gasteiger partial charge in [0.1, 0.15) is 12.4 Å². The number of nitrogens with zero attached hydrogens (tertiary/aromatic N) is 4. The van der Waals surface area contributed by atoms with Crippen LogP contribution >= 0.6 is 0 Å². The molecule has 2 aromatic heterocycles. The topological polar surface area (TPSA) is 93.8 Å². The van der Waals surface area contributed by atoms with Crippen LogP contribution in [0.5, 0.6) is 0 Å². The van der Waals surface area contributed by atoms with Crippen molar-refractivity contribution in [2.45, 2.75) is 19.9 Å². The van der Waals surface area contributed by atoms with E-state index in [9.17, 15) is 10.1 Å². The second kappa shape index (κ2) is 5.85. The van der Waals surface area contributed by atoms with Crippen molar-refractivity contribution >= 4 is 11.6 Å². The second-order valence-corrected chi connectivity index (χ2v) is 3.84. The molecule has 7 heteroatoms. The number of anilines is 1. The first-order valence-corrected chi connectivity index (χ1v) is 5.83. The summed E-state index contributed by atoms with van der Waals surface area (Å²) >= 11 is 0. The van der Waals surface area contributed by atoms with E-state index >= 15 is 0 Å². The van der Waals surface area contributed by atoms with Gasteiger partial charge in [0.15, 0.2) is 0 Å². The SMILES string of the molecule is CCc1cccnc1CNc1ncc([N+](=O)[O-])cn1. The largest absolute Gasteiger partial charge is 0.349 e. The van der Waals surface area contributed by atoms with E-state index in [0.717, 1.165) is 17.7 Å². The monoisotopic (exact) mass is 259 g/mol. The Labute approximate surface area is 109 Å². The molecule has 2 rings (SSSR count). The summed E-state index contributed by atoms with van der Waals surface area (Å²) in [6.45, 7) is 2.55. The fourth-order valence-electron chi connectivity index (χ4n) is 1.62. The van der Waals surface area contributed by atoms with E-state index in [1.807, 2.05) is 12.1 Å². The molecule has 2 aromatic rings. The van der Waals surface area contributed by atoms with Crippen LogP contribution in [0.4, 0.5) is 11.6 Å². The zero-order valence-electron chi connectivity index (χ0n) is 10.4. The molecule has 0 aliphatic rings. The lowest BCUT2D eigenvalue weighted by atomic mass is 10.1. The maximum atomic E-state index is 10.5. The molecule has 0 saturated carbocycles. The molecular formula is C12H13N5O2. The van der Waals surface area contributed by atoms with Gasteiger partial charge in [-0.3, -0.25) is 15.1 Å². The number of hydrogen-bond donors (Lipinski definition) is 1. The van der Waals surface area contributed by atoms with E-state index in [2.05, 4.69) is 27.2 Å². The molecular weight excluding hydrogens is 246 g/mol. The Balaban J connectivity index is 2.04. The van der Waals surface area contributed by atoms with Gasteiger partial charge in [-0.1, -0.05) is 13.0 Å². The van der Waals surface area contributed by atoms with Crippen LogP contribution in [-0.4, -0.2) is 19.9 Å². The third-order valence-electron chi connectivity index (χ3n) is 2.63. The van der Waals surface area contributed by atoms with Gasteiger partial charge in [-0.05, 0) is 18.1 Å². The molecule has 0 bridgehead atoms. The highest BCUT2D eigenvalue weighted by atomic mass is 16.6. The van der Waals surface area contributed by atoms with Crippen LogP contribution in [-0.2, 0) is 13.0 Å². The molecule has 2 heterocycles. The Bertz CT molecular complexity index is 571. The molecule has 0 unspecified atom stereocenters. The average molecular weight is 259 g/mol. The van der Waals surface area contributed by atoms with Crippen molar-refractivity contribution in [1.29, 1.82) is 0 Å². The van der Waals surface area contributed by atoms with Crippen LogP contribution in [0.15, 0.2) is 30.7 Å². The van der Waals surface area contributed by atoms with Gasteiger partial charge in [0.05, 0.1) is 17.2 Å². The van der Waals surface area contributed by atoms with Gasteiger partial charge in [-0.25, -0.2) is 9.97 Å². The van der Waals surface area contributed by atoms with Gasteiger partial charge in [0.25, 0.3) is 0 Å². The van der Waals surface area contributed by atoms with E-state index in [1.54, 1.807) is 6.20 Å². The molecule has 1 N–H and O–H groups in total. The van der Waals surface area contributed by atoms with Crippen molar-refractivity contribution < 1.29 is 4.92 Å². The highest BCUT2D eigenvalue weighted by Crippen LogP contribution is 2.10. The zero-order chi connectivity index (χ0) is 13.7. The highest BCUT2D eigenvalue weighted by Gasteiger charge is 2.07. The summed E-state index contributed by atoms with van der Waals surface area (Å²) < 4.78 is 0. The predicted octanol–water partition coefficient (Wildman–Crippen LogP) is 1.95. The second-order valence-electron chi connectivity index (χ2n) is 3.84. The third-order valence-corrected chi connectivity index (χ3v) is 2.63. The Morgan fingerprint density at radius 3 is 2.68 bits per heavy atom. The van der Waals surface area contributed by atoms with E-state index in [4.69, 9.17) is 0 Å². The summed E-state index contributed by atoms with van der Waals surface area (Å²) in [6, 6.07) is 3.91. The molecule has 0 radical (unpaired) electrons. The van der Waals surface area contributed by atoms with Crippen molar-refractivity contribution in [1.82, 2.24) is 15.0 Å². The molecule has 0 aliphatic carbocycles. The molecule has 0 aliphatic heterocycles. The van der Waals surface area contributed by atoms with Crippen molar-refractivity contribution in [3.8, 4) is 0 Å². The first-order chi connectivity index (χ1) is 9.20. The van der Waals surface area contributed by atoms with Gasteiger partial charge >= 0.3 is 5.69 Å². The Morgan fingerprint density at radius 2 is 2.05 bits per heavy atom. The molecule has 0 atom stereocenters. The number of rotatable bonds is 5. The van der Waals surface area contributed by atoms with Crippen molar-refractivity contribution in [3.63, 3.8) is 0 Å². The van der Waals surface area contributed by atoms with E-state index in [-0.39, 0.29) is 5.69 Å². The smallest absolute Gasteiger partial charge is 0.305 e. The molecule has 98 valence electrons. The average Bonchev–Trinajstić information content (AvgIpc) is 2.45. The minimum Gasteiger partial charge on any atom is -0.349 e. The number of aryl methyl sites for hydroxylation is 1. The normalized spacial score (nSPS) is 10.2. The van der Waals surface area contributed by atoms with Gasteiger partial charge in [-0.2, -0.15) is 0 Å². The van der Waals surface area contributed by atoms with E-state index < -0.39 is 4.92 Å². The molecule has 7 nitrogen and oxygen atoms in total. The fourth-order valence-corrected chi connectivity index (χ4v) is 1.62. The number of nitrogens with one attached hydrogen (secondary N) is 1. The molecule has 0 amide bonds. The lowest BCUT2D eigenvalue weighted by molar-refractivity contribution is -0.385. The number of aromatic nitrogens is 3. The van der Waals surface area contributed by atoms with Crippen LogP contribution in [0.3, 0.4) is 0 Å². The molecule has 0 saturated heterocycles. The van der Waals surface area contributed by atoms with E-state index in [0.29, 0.717) is 12.5 Å². The summed E-state index contributed by atoms with van der Waals surface area (Å²) in [5.74, 6) is 0.346. The van der Waals surface area contributed by atoms with Crippen LogP contribution in [0, 0.1) is 10.1 Å². The molecule has 19 heavy (non-hydrogen) atoms. The molecule has 0 spiro atoms. The Hall–Kier alpha value is -2.57. The first kappa shape index (κ1) is 12.9. The van der Waals surface area contributed by atoms with Gasteiger partial charge in [0.2, 0.25) is 5.95 Å². The maximum absolute atomic E-state index is 10.5. The summed E-state index contributed by atoms with van der Waals surface area (Å²) in [7, 11) is 0. The van der Waals surface area contributed by atoms with Crippen molar-refractivity contribution in [3.05, 3.63) is 52.1 Å².